The lowest BCUT2D eigenvalue weighted by Gasteiger charge is -2.14. The van der Waals surface area contributed by atoms with Crippen LogP contribution in [0.1, 0.15) is 18.1 Å². The number of thiazole rings is 1. The number of nitrogens with two attached hydrogens (primary N) is 1. The number of halogens is 1. The van der Waals surface area contributed by atoms with Gasteiger partial charge in [-0.2, -0.15) is 5.26 Å². The van der Waals surface area contributed by atoms with Crippen LogP contribution in [-0.2, 0) is 0 Å². The van der Waals surface area contributed by atoms with Gasteiger partial charge >= 0.3 is 0 Å². The molecule has 0 unspecified atom stereocenters. The fourth-order valence-corrected chi connectivity index (χ4v) is 4.29. The van der Waals surface area contributed by atoms with Gasteiger partial charge in [-0.25, -0.2) is 9.37 Å². The summed E-state index contributed by atoms with van der Waals surface area (Å²) in [5.41, 5.74) is 7.30. The Morgan fingerprint density at radius 3 is 2.82 bits per heavy atom. The number of hydrogen-bond donors (Lipinski definition) is 3. The van der Waals surface area contributed by atoms with Gasteiger partial charge in [-0.3, -0.25) is 10.8 Å². The van der Waals surface area contributed by atoms with Crippen molar-refractivity contribution in [1.82, 2.24) is 15.4 Å². The van der Waals surface area contributed by atoms with Crippen LogP contribution in [-0.4, -0.2) is 9.97 Å². The Bertz CT molecular complexity index is 1370. The van der Waals surface area contributed by atoms with Gasteiger partial charge in [0.05, 0.1) is 23.0 Å². The highest BCUT2D eigenvalue weighted by Crippen LogP contribution is 2.35. The summed E-state index contributed by atoms with van der Waals surface area (Å²) in [7, 11) is 0. The lowest BCUT2D eigenvalue weighted by molar-refractivity contribution is 0.477. The molecule has 0 fully saturated rings. The standard InChI is InChI=1S/C24H19FN6OS2/c1-15(11-30-27)20-9-21(16-3-2-4-18(25)7-16)28-12-23(20)32-22-6-5-19(8-17(22)10-26)34-31-24-13-33-14-29-24/h2-9,11-14,30-31H,27H2,1H3/b15-11+. The molecule has 2 aromatic heterocycles. The normalized spacial score (nSPS) is 11.1. The van der Waals surface area contributed by atoms with Crippen molar-refractivity contribution in [1.29, 1.82) is 5.26 Å². The molecule has 170 valence electrons. The Morgan fingerprint density at radius 2 is 2.09 bits per heavy atom. The predicted molar refractivity (Wildman–Crippen MR) is 133 cm³/mol. The average molecular weight is 491 g/mol. The Kier molecular flexibility index (Phi) is 7.39. The smallest absolute Gasteiger partial charge is 0.153 e. The molecule has 0 saturated heterocycles. The molecule has 0 spiro atoms. The van der Waals surface area contributed by atoms with E-state index in [9.17, 15) is 9.65 Å². The van der Waals surface area contributed by atoms with E-state index in [-0.39, 0.29) is 5.82 Å². The molecule has 0 bridgehead atoms. The number of nitrogens with zero attached hydrogens (tertiary/aromatic N) is 3. The highest BCUT2D eigenvalue weighted by molar-refractivity contribution is 8.00. The van der Waals surface area contributed by atoms with Crippen LogP contribution < -0.4 is 20.7 Å². The number of rotatable bonds is 8. The van der Waals surface area contributed by atoms with Crippen molar-refractivity contribution in [3.05, 3.63) is 88.8 Å². The minimum atomic E-state index is -0.349. The van der Waals surface area contributed by atoms with Gasteiger partial charge in [-0.05, 0) is 60.8 Å². The second-order valence-corrected chi connectivity index (χ2v) is 8.62. The molecule has 2 aromatic carbocycles. The molecule has 4 rings (SSSR count). The first-order valence-corrected chi connectivity index (χ1v) is 11.8. The highest BCUT2D eigenvalue weighted by atomic mass is 32.2. The first kappa shape index (κ1) is 23.3. The number of pyridine rings is 1. The summed E-state index contributed by atoms with van der Waals surface area (Å²) in [6.07, 6.45) is 3.17. The van der Waals surface area contributed by atoms with Crippen LogP contribution in [0.15, 0.2) is 76.7 Å². The summed E-state index contributed by atoms with van der Waals surface area (Å²) < 4.78 is 23.0. The van der Waals surface area contributed by atoms with Crippen molar-refractivity contribution in [3.63, 3.8) is 0 Å². The molecule has 0 atom stereocenters. The predicted octanol–water partition coefficient (Wildman–Crippen LogP) is 5.95. The van der Waals surface area contributed by atoms with E-state index in [4.69, 9.17) is 10.6 Å². The van der Waals surface area contributed by atoms with Gasteiger partial charge in [-0.1, -0.05) is 12.1 Å². The van der Waals surface area contributed by atoms with Gasteiger partial charge in [0.1, 0.15) is 23.5 Å². The summed E-state index contributed by atoms with van der Waals surface area (Å²) >= 11 is 2.84. The average Bonchev–Trinajstić information content (AvgIpc) is 3.37. The Labute approximate surface area is 204 Å². The molecule has 4 N–H and O–H groups in total. The van der Waals surface area contributed by atoms with Crippen LogP contribution in [0.4, 0.5) is 10.2 Å². The largest absolute Gasteiger partial charge is 0.454 e. The quantitative estimate of drug-likeness (QED) is 0.158. The maximum Gasteiger partial charge on any atom is 0.153 e. The number of nitriles is 1. The molecule has 0 aliphatic rings. The lowest BCUT2D eigenvalue weighted by atomic mass is 10.0. The molecule has 34 heavy (non-hydrogen) atoms. The number of benzene rings is 2. The SMILES string of the molecule is C/C(=C\NN)c1cc(-c2cccc(F)c2)ncc1Oc1ccc(SNc2cscn2)cc1C#N. The molecule has 0 radical (unpaired) electrons. The van der Waals surface area contributed by atoms with Gasteiger partial charge in [-0.15, -0.1) is 11.3 Å². The summed E-state index contributed by atoms with van der Waals surface area (Å²) in [6.45, 7) is 1.85. The lowest BCUT2D eigenvalue weighted by Crippen LogP contribution is -2.13. The number of nitrogens with one attached hydrogen (secondary N) is 2. The third-order valence-corrected chi connectivity index (χ3v) is 6.10. The zero-order valence-electron chi connectivity index (χ0n) is 17.9. The minimum Gasteiger partial charge on any atom is -0.454 e. The van der Waals surface area contributed by atoms with Crippen molar-refractivity contribution >= 4 is 34.7 Å². The second-order valence-electron chi connectivity index (χ2n) is 7.02. The molecule has 0 aliphatic heterocycles. The van der Waals surface area contributed by atoms with Gasteiger partial charge < -0.3 is 14.9 Å². The third kappa shape index (κ3) is 5.52. The molecule has 7 nitrogen and oxygen atoms in total. The fraction of sp³-hybridized carbons (Fsp3) is 0.0417. The molecule has 10 heteroatoms. The number of ether oxygens (including phenoxy) is 1. The third-order valence-electron chi connectivity index (χ3n) is 4.71. The van der Waals surface area contributed by atoms with Crippen molar-refractivity contribution in [2.24, 2.45) is 5.84 Å². The Morgan fingerprint density at radius 1 is 1.21 bits per heavy atom. The zero-order valence-corrected chi connectivity index (χ0v) is 19.6. The van der Waals surface area contributed by atoms with Crippen LogP contribution in [0.2, 0.25) is 0 Å². The van der Waals surface area contributed by atoms with E-state index in [0.29, 0.717) is 33.9 Å². The van der Waals surface area contributed by atoms with E-state index in [1.165, 1.54) is 35.4 Å². The molecule has 0 aliphatic carbocycles. The molecule has 4 aromatic rings. The van der Waals surface area contributed by atoms with Crippen molar-refractivity contribution < 1.29 is 9.13 Å². The van der Waals surface area contributed by atoms with Gasteiger partial charge in [0.15, 0.2) is 5.75 Å². The van der Waals surface area contributed by atoms with E-state index in [1.54, 1.807) is 48.2 Å². The summed E-state index contributed by atoms with van der Waals surface area (Å²) in [5, 5.41) is 11.6. The van der Waals surface area contributed by atoms with E-state index in [0.717, 1.165) is 16.3 Å². The van der Waals surface area contributed by atoms with Crippen LogP contribution in [0, 0.1) is 17.1 Å². The number of allylic oxidation sites excluding steroid dienone is 1. The molecular formula is C24H19FN6OS2. The van der Waals surface area contributed by atoms with Crippen LogP contribution in [0.5, 0.6) is 11.5 Å². The molecule has 0 amide bonds. The first-order valence-electron chi connectivity index (χ1n) is 9.99. The van der Waals surface area contributed by atoms with Gasteiger partial charge in [0.2, 0.25) is 0 Å². The van der Waals surface area contributed by atoms with E-state index in [1.807, 2.05) is 18.4 Å². The number of aromatic nitrogens is 2. The number of hydrogen-bond acceptors (Lipinski definition) is 9. The molecule has 0 saturated carbocycles. The maximum atomic E-state index is 13.7. The van der Waals surface area contributed by atoms with Crippen LogP contribution in [0.3, 0.4) is 0 Å². The van der Waals surface area contributed by atoms with Crippen LogP contribution >= 0.6 is 23.3 Å². The maximum absolute atomic E-state index is 13.7. The molecule has 2 heterocycles. The Balaban J connectivity index is 1.64. The zero-order chi connectivity index (χ0) is 23.9. The second kappa shape index (κ2) is 10.8. The van der Waals surface area contributed by atoms with Crippen molar-refractivity contribution in [2.45, 2.75) is 11.8 Å². The number of anilines is 1. The first-order chi connectivity index (χ1) is 16.6. The summed E-state index contributed by atoms with van der Waals surface area (Å²) in [4.78, 5) is 9.45. The van der Waals surface area contributed by atoms with Gasteiger partial charge in [0.25, 0.3) is 0 Å². The van der Waals surface area contributed by atoms with Crippen LogP contribution in [0.25, 0.3) is 16.8 Å². The highest BCUT2D eigenvalue weighted by Gasteiger charge is 2.14. The van der Waals surface area contributed by atoms with E-state index >= 15 is 0 Å². The fourth-order valence-electron chi connectivity index (χ4n) is 3.08. The topological polar surface area (TPSA) is 109 Å². The van der Waals surface area contributed by atoms with E-state index < -0.39 is 0 Å². The minimum absolute atomic E-state index is 0.349. The van der Waals surface area contributed by atoms with Gasteiger partial charge in [0, 0.05) is 27.6 Å². The van der Waals surface area contributed by atoms with Crippen molar-refractivity contribution in [2.75, 3.05) is 4.72 Å². The van der Waals surface area contributed by atoms with E-state index in [2.05, 4.69) is 26.2 Å². The summed E-state index contributed by atoms with van der Waals surface area (Å²) in [5.74, 6) is 6.69. The summed E-state index contributed by atoms with van der Waals surface area (Å²) in [6, 6.07) is 15.5. The Hall–Kier alpha value is -3.91. The monoisotopic (exact) mass is 490 g/mol. The van der Waals surface area contributed by atoms with Crippen molar-refractivity contribution in [3.8, 4) is 28.8 Å². The molecular weight excluding hydrogens is 471 g/mol. The number of hydrazine groups is 1.